The van der Waals surface area contributed by atoms with Crippen molar-refractivity contribution < 1.29 is 33.8 Å². The number of nitriles is 1. The first-order chi connectivity index (χ1) is 29.6. The van der Waals surface area contributed by atoms with Crippen molar-refractivity contribution in [2.75, 3.05) is 33.3 Å². The molecule has 4 aromatic rings. The smallest absolute Gasteiger partial charge is 0.253 e. The molecule has 1 aliphatic heterocycles. The maximum Gasteiger partial charge on any atom is 0.253 e. The molecular formula is C46H55N9O7. The van der Waals surface area contributed by atoms with Crippen molar-refractivity contribution in [3.05, 3.63) is 101 Å². The highest BCUT2D eigenvalue weighted by molar-refractivity contribution is 6.00. The van der Waals surface area contributed by atoms with E-state index in [1.807, 2.05) is 24.3 Å². The molecule has 3 aromatic carbocycles. The monoisotopic (exact) mass is 845 g/mol. The Hall–Kier alpha value is -6.83. The van der Waals surface area contributed by atoms with E-state index in [0.29, 0.717) is 34.1 Å². The summed E-state index contributed by atoms with van der Waals surface area (Å²) < 4.78 is 5.97. The number of carbonyl (C=O) groups is 5. The number of ether oxygens (including phenoxy) is 1. The van der Waals surface area contributed by atoms with E-state index in [4.69, 9.17) is 21.5 Å². The number of nitrogens with one attached hydrogen (secondary N) is 4. The molecule has 0 saturated carbocycles. The highest BCUT2D eigenvalue weighted by Gasteiger charge is 2.36. The number of nitrogens with zero attached hydrogens (tertiary/aromatic N) is 3. The maximum atomic E-state index is 14.5. The summed E-state index contributed by atoms with van der Waals surface area (Å²) in [7, 11) is 1.40. The molecule has 62 heavy (non-hydrogen) atoms. The predicted molar refractivity (Wildman–Crippen MR) is 233 cm³/mol. The van der Waals surface area contributed by atoms with Gasteiger partial charge >= 0.3 is 0 Å². The number of fused-ring (bicyclic) bond motifs is 5. The van der Waals surface area contributed by atoms with Crippen LogP contribution in [0.4, 0.5) is 0 Å². The first-order valence-corrected chi connectivity index (χ1v) is 20.5. The number of aryl methyl sites for hydroxylation is 1. The summed E-state index contributed by atoms with van der Waals surface area (Å²) in [6.07, 6.45) is 2.40. The van der Waals surface area contributed by atoms with Crippen molar-refractivity contribution in [1.29, 1.82) is 5.26 Å². The summed E-state index contributed by atoms with van der Waals surface area (Å²) in [5.41, 5.74) is 16.8. The molecule has 0 aliphatic carbocycles. The van der Waals surface area contributed by atoms with Crippen molar-refractivity contribution >= 4 is 29.5 Å². The van der Waals surface area contributed by atoms with Crippen molar-refractivity contribution in [2.24, 2.45) is 17.4 Å². The van der Waals surface area contributed by atoms with Gasteiger partial charge in [0.2, 0.25) is 23.6 Å². The Labute approximate surface area is 361 Å². The molecule has 0 radical (unpaired) electrons. The van der Waals surface area contributed by atoms with Gasteiger partial charge < -0.3 is 47.5 Å². The van der Waals surface area contributed by atoms with E-state index in [2.05, 4.69) is 52.2 Å². The van der Waals surface area contributed by atoms with Gasteiger partial charge in [-0.3, -0.25) is 29.0 Å². The van der Waals surface area contributed by atoms with Crippen molar-refractivity contribution in [1.82, 2.24) is 31.2 Å². The highest BCUT2D eigenvalue weighted by Crippen LogP contribution is 2.39. The molecule has 0 fully saturated rings. The summed E-state index contributed by atoms with van der Waals surface area (Å²) in [6.45, 7) is 7.52. The van der Waals surface area contributed by atoms with Crippen LogP contribution in [-0.4, -0.2) is 95.9 Å². The number of aromatic hydroxyl groups is 1. The third kappa shape index (κ3) is 11.3. The molecule has 9 N–H and O–H groups in total. The van der Waals surface area contributed by atoms with Gasteiger partial charge in [0.1, 0.15) is 48.8 Å². The van der Waals surface area contributed by atoms with Gasteiger partial charge in [-0.15, -0.1) is 0 Å². The van der Waals surface area contributed by atoms with Crippen LogP contribution in [0.15, 0.2) is 72.9 Å². The average Bonchev–Trinajstić information content (AvgIpc) is 3.24. The Morgan fingerprint density at radius 2 is 1.74 bits per heavy atom. The highest BCUT2D eigenvalue weighted by atomic mass is 16.5. The van der Waals surface area contributed by atoms with Crippen LogP contribution in [0, 0.1) is 24.2 Å². The van der Waals surface area contributed by atoms with Crippen molar-refractivity contribution in [3.63, 3.8) is 0 Å². The van der Waals surface area contributed by atoms with Gasteiger partial charge in [0.05, 0.1) is 17.3 Å². The van der Waals surface area contributed by atoms with Crippen LogP contribution >= 0.6 is 0 Å². The Balaban J connectivity index is 1.51. The number of benzene rings is 3. The van der Waals surface area contributed by atoms with Gasteiger partial charge in [-0.25, -0.2) is 0 Å². The van der Waals surface area contributed by atoms with Gasteiger partial charge in [0, 0.05) is 42.9 Å². The lowest BCUT2D eigenvalue weighted by molar-refractivity contribution is -0.141. The van der Waals surface area contributed by atoms with E-state index < -0.39 is 53.7 Å². The molecule has 16 heteroatoms. The van der Waals surface area contributed by atoms with Crippen LogP contribution < -0.4 is 37.5 Å². The summed E-state index contributed by atoms with van der Waals surface area (Å²) in [6, 6.07) is 16.2. The zero-order valence-electron chi connectivity index (χ0n) is 35.7. The summed E-state index contributed by atoms with van der Waals surface area (Å²) >= 11 is 0. The van der Waals surface area contributed by atoms with Gasteiger partial charge in [-0.1, -0.05) is 50.2 Å². The summed E-state index contributed by atoms with van der Waals surface area (Å²) in [5.74, 6) is -2.68. The van der Waals surface area contributed by atoms with Crippen LogP contribution in [0.1, 0.15) is 65.8 Å². The van der Waals surface area contributed by atoms with E-state index in [1.54, 1.807) is 37.3 Å². The molecule has 16 nitrogen and oxygen atoms in total. The molecular weight excluding hydrogens is 791 g/mol. The maximum absolute atomic E-state index is 14.5. The molecule has 1 aromatic heterocycles. The summed E-state index contributed by atoms with van der Waals surface area (Å²) in [4.78, 5) is 75.3. The number of carbonyl (C=O) groups excluding carboxylic acids is 5. The normalized spacial score (nSPS) is 16.8. The number of hydrogen-bond acceptors (Lipinski definition) is 11. The molecule has 2 heterocycles. The van der Waals surface area contributed by atoms with Crippen LogP contribution in [0.2, 0.25) is 0 Å². The second-order valence-electron chi connectivity index (χ2n) is 15.8. The fourth-order valence-corrected chi connectivity index (χ4v) is 7.32. The molecule has 5 amide bonds. The van der Waals surface area contributed by atoms with Gasteiger partial charge in [-0.2, -0.15) is 5.26 Å². The standard InChI is InChI=1S/C46H55N9O7/c1-26(2)20-29-6-9-31(10-7-29)37-21-27(3)35(25-51-37)43(58)53-36(14-15-47)46(61)55(5)41-32-11-13-40(62-19-17-49)34(24-32)33-22-30(8-12-39(33)56)23-38(44(59)50-18-16-48)54-42(57)28(4)52-45(41)60/h6-13,21-22,24-26,28,36,38,41,56H,14-15,17-20,23,47,49H2,1-5H3,(H,50,59)(H,52,60)(H,53,58)(H,54,57)/t28-,36?,38-,41-/m0/s1. The minimum atomic E-state index is -1.41. The van der Waals surface area contributed by atoms with E-state index in [9.17, 15) is 29.1 Å². The third-order valence-electron chi connectivity index (χ3n) is 10.5. The number of amides is 5. The largest absolute Gasteiger partial charge is 0.507 e. The number of aromatic nitrogens is 1. The third-order valence-corrected chi connectivity index (χ3v) is 10.5. The molecule has 4 atom stereocenters. The van der Waals surface area contributed by atoms with Crippen LogP contribution in [0.5, 0.6) is 11.5 Å². The van der Waals surface area contributed by atoms with Crippen LogP contribution in [0.25, 0.3) is 22.4 Å². The minimum Gasteiger partial charge on any atom is -0.507 e. The topological polar surface area (TPSA) is 255 Å². The van der Waals surface area contributed by atoms with Gasteiger partial charge in [0.15, 0.2) is 0 Å². The van der Waals surface area contributed by atoms with Crippen LogP contribution in [0.3, 0.4) is 0 Å². The number of likely N-dealkylation sites (N-methyl/N-ethyl adjacent to an activating group) is 1. The number of rotatable bonds is 14. The van der Waals surface area contributed by atoms with E-state index in [0.717, 1.165) is 16.9 Å². The zero-order chi connectivity index (χ0) is 45.1. The van der Waals surface area contributed by atoms with E-state index in [-0.39, 0.29) is 61.5 Å². The molecule has 0 saturated heterocycles. The molecule has 1 unspecified atom stereocenters. The van der Waals surface area contributed by atoms with Crippen molar-refractivity contribution in [3.8, 4) is 40.0 Å². The lowest BCUT2D eigenvalue weighted by Gasteiger charge is -2.32. The Morgan fingerprint density at radius 1 is 1.00 bits per heavy atom. The quantitative estimate of drug-likeness (QED) is 0.0909. The Kier molecular flexibility index (Phi) is 15.7. The summed E-state index contributed by atoms with van der Waals surface area (Å²) in [5, 5.41) is 30.9. The Morgan fingerprint density at radius 3 is 2.40 bits per heavy atom. The fourth-order valence-electron chi connectivity index (χ4n) is 7.32. The van der Waals surface area contributed by atoms with Crippen LogP contribution in [-0.2, 0) is 32.0 Å². The first kappa shape index (κ1) is 46.2. The average molecular weight is 846 g/mol. The fraction of sp³-hybridized carbons (Fsp3) is 0.370. The number of phenols is 1. The molecule has 326 valence electrons. The number of pyridine rings is 1. The zero-order valence-corrected chi connectivity index (χ0v) is 35.7. The molecule has 4 bridgehead atoms. The van der Waals surface area contributed by atoms with Crippen molar-refractivity contribution in [2.45, 2.75) is 71.1 Å². The first-order valence-electron chi connectivity index (χ1n) is 20.5. The minimum absolute atomic E-state index is 0.0115. The number of phenolic OH excluding ortho intramolecular Hbond substituents is 1. The second-order valence-corrected chi connectivity index (χ2v) is 15.8. The van der Waals surface area contributed by atoms with E-state index >= 15 is 0 Å². The second kappa shape index (κ2) is 21.1. The molecule has 0 spiro atoms. The number of hydrogen-bond donors (Lipinski definition) is 7. The Bertz CT molecular complexity index is 2330. The van der Waals surface area contributed by atoms with E-state index in [1.165, 1.54) is 31.8 Å². The van der Waals surface area contributed by atoms with Gasteiger partial charge in [0.25, 0.3) is 5.91 Å². The van der Waals surface area contributed by atoms with Gasteiger partial charge in [-0.05, 0) is 91.7 Å². The SMILES string of the molecule is Cc1cc(-c2ccc(CC(C)C)cc2)ncc1C(=O)NC(CCN)C(=O)N(C)[C@@H]1C(=O)N[C@@H](C)C(=O)N[C@H](C(=O)NCC#N)Cc2ccc(O)c(c2)-c2cc1ccc2OCCN. The number of nitrogens with two attached hydrogens (primary N) is 2. The molecule has 5 rings (SSSR count). The molecule has 1 aliphatic rings. The lowest BCUT2D eigenvalue weighted by atomic mass is 9.93. The lowest BCUT2D eigenvalue weighted by Crippen LogP contribution is -2.56. The predicted octanol–water partition coefficient (Wildman–Crippen LogP) is 2.80.